The summed E-state index contributed by atoms with van der Waals surface area (Å²) in [5.74, 6) is 2.80. The van der Waals surface area contributed by atoms with Gasteiger partial charge in [0, 0.05) is 17.7 Å². The number of nitrogens with zero attached hydrogens (tertiary/aromatic N) is 1. The van der Waals surface area contributed by atoms with Crippen molar-refractivity contribution >= 4 is 17.7 Å². The monoisotopic (exact) mass is 360 g/mol. The van der Waals surface area contributed by atoms with Crippen molar-refractivity contribution in [2.24, 2.45) is 0 Å². The van der Waals surface area contributed by atoms with E-state index in [1.165, 1.54) is 19.3 Å². The number of hydrogen-bond acceptors (Lipinski definition) is 5. The number of aromatic nitrogens is 1. The van der Waals surface area contributed by atoms with Crippen LogP contribution in [0.2, 0.25) is 0 Å². The Balaban J connectivity index is 1.44. The number of amides is 1. The fraction of sp³-hybridized carbons (Fsp3) is 0.474. The number of nitrogens with one attached hydrogen (secondary N) is 1. The molecule has 0 aliphatic heterocycles. The molecule has 1 fully saturated rings. The van der Waals surface area contributed by atoms with Gasteiger partial charge in [-0.25, -0.2) is 0 Å². The second-order valence-electron chi connectivity index (χ2n) is 6.30. The van der Waals surface area contributed by atoms with E-state index in [2.05, 4.69) is 10.5 Å². The quantitative estimate of drug-likeness (QED) is 0.807. The molecule has 2 aromatic rings. The van der Waals surface area contributed by atoms with Crippen molar-refractivity contribution in [1.82, 2.24) is 10.5 Å². The SMILES string of the molecule is COc1ccc(-c2cc(CSCC(=O)NC3CCCCC3)on2)cc1. The molecule has 0 spiro atoms. The fourth-order valence-electron chi connectivity index (χ4n) is 3.04. The minimum Gasteiger partial charge on any atom is -0.497 e. The molecular formula is C19H24N2O3S. The van der Waals surface area contributed by atoms with Crippen molar-refractivity contribution in [3.05, 3.63) is 36.1 Å². The molecule has 134 valence electrons. The predicted molar refractivity (Wildman–Crippen MR) is 99.7 cm³/mol. The van der Waals surface area contributed by atoms with Crippen LogP contribution >= 0.6 is 11.8 Å². The van der Waals surface area contributed by atoms with E-state index in [9.17, 15) is 4.79 Å². The van der Waals surface area contributed by atoms with Gasteiger partial charge < -0.3 is 14.6 Å². The van der Waals surface area contributed by atoms with Crippen LogP contribution in [0.3, 0.4) is 0 Å². The summed E-state index contributed by atoms with van der Waals surface area (Å²) in [6.45, 7) is 0. The van der Waals surface area contributed by atoms with E-state index in [4.69, 9.17) is 9.26 Å². The Hall–Kier alpha value is -1.95. The van der Waals surface area contributed by atoms with E-state index in [0.717, 1.165) is 35.6 Å². The van der Waals surface area contributed by atoms with Crippen molar-refractivity contribution in [1.29, 1.82) is 0 Å². The maximum atomic E-state index is 12.0. The Bertz CT molecular complexity index is 678. The zero-order valence-electron chi connectivity index (χ0n) is 14.5. The van der Waals surface area contributed by atoms with Crippen LogP contribution in [0.25, 0.3) is 11.3 Å². The van der Waals surface area contributed by atoms with E-state index >= 15 is 0 Å². The van der Waals surface area contributed by atoms with Crippen molar-refractivity contribution in [3.63, 3.8) is 0 Å². The minimum absolute atomic E-state index is 0.117. The maximum absolute atomic E-state index is 12.0. The lowest BCUT2D eigenvalue weighted by Gasteiger charge is -2.22. The second kappa shape index (κ2) is 8.94. The third-order valence-corrected chi connectivity index (χ3v) is 5.35. The van der Waals surface area contributed by atoms with Crippen LogP contribution in [0.5, 0.6) is 5.75 Å². The molecule has 1 aromatic carbocycles. The van der Waals surface area contributed by atoms with Crippen molar-refractivity contribution in [2.45, 2.75) is 43.9 Å². The first-order chi connectivity index (χ1) is 12.2. The van der Waals surface area contributed by atoms with E-state index in [0.29, 0.717) is 17.5 Å². The van der Waals surface area contributed by atoms with Crippen LogP contribution in [0.1, 0.15) is 37.9 Å². The third kappa shape index (κ3) is 5.26. The number of carbonyl (C=O) groups excluding carboxylic acids is 1. The maximum Gasteiger partial charge on any atom is 0.230 e. The first-order valence-corrected chi connectivity index (χ1v) is 9.87. The largest absolute Gasteiger partial charge is 0.497 e. The van der Waals surface area contributed by atoms with Gasteiger partial charge in [0.15, 0.2) is 0 Å². The van der Waals surface area contributed by atoms with Crippen LogP contribution in [0.4, 0.5) is 0 Å². The molecule has 0 bridgehead atoms. The van der Waals surface area contributed by atoms with E-state index < -0.39 is 0 Å². The topological polar surface area (TPSA) is 64.4 Å². The Kier molecular flexibility index (Phi) is 6.39. The summed E-state index contributed by atoms with van der Waals surface area (Å²) < 4.78 is 10.5. The Morgan fingerprint density at radius 2 is 2.04 bits per heavy atom. The highest BCUT2D eigenvalue weighted by atomic mass is 32.2. The lowest BCUT2D eigenvalue weighted by atomic mass is 9.95. The van der Waals surface area contributed by atoms with Crippen molar-refractivity contribution in [3.8, 4) is 17.0 Å². The first kappa shape index (κ1) is 17.9. The standard InChI is InChI=1S/C19H24N2O3S/c1-23-16-9-7-14(8-10-16)18-11-17(24-21-18)12-25-13-19(22)20-15-5-3-2-4-6-15/h7-11,15H,2-6,12-13H2,1H3,(H,20,22). The van der Waals surface area contributed by atoms with Gasteiger partial charge in [-0.3, -0.25) is 4.79 Å². The molecule has 1 aliphatic rings. The van der Waals surface area contributed by atoms with E-state index in [1.807, 2.05) is 30.3 Å². The lowest BCUT2D eigenvalue weighted by molar-refractivity contribution is -0.119. The lowest BCUT2D eigenvalue weighted by Crippen LogP contribution is -2.37. The summed E-state index contributed by atoms with van der Waals surface area (Å²) in [5.41, 5.74) is 1.78. The van der Waals surface area contributed by atoms with Crippen molar-refractivity contribution < 1.29 is 14.1 Å². The number of benzene rings is 1. The minimum atomic E-state index is 0.117. The zero-order valence-corrected chi connectivity index (χ0v) is 15.3. The molecule has 1 heterocycles. The number of ether oxygens (including phenoxy) is 1. The smallest absolute Gasteiger partial charge is 0.230 e. The van der Waals surface area contributed by atoms with Crippen LogP contribution in [-0.2, 0) is 10.5 Å². The number of thioether (sulfide) groups is 1. The van der Waals surface area contributed by atoms with Crippen LogP contribution in [0, 0.1) is 0 Å². The first-order valence-electron chi connectivity index (χ1n) is 8.72. The highest BCUT2D eigenvalue weighted by molar-refractivity contribution is 7.99. The summed E-state index contributed by atoms with van der Waals surface area (Å²) in [5, 5.41) is 7.23. The molecule has 6 heteroatoms. The van der Waals surface area contributed by atoms with Gasteiger partial charge in [-0.15, -0.1) is 11.8 Å². The highest BCUT2D eigenvalue weighted by Gasteiger charge is 2.15. The Morgan fingerprint density at radius 3 is 2.76 bits per heavy atom. The summed E-state index contributed by atoms with van der Waals surface area (Å²) in [4.78, 5) is 12.0. The molecule has 0 radical (unpaired) electrons. The molecule has 0 atom stereocenters. The number of carbonyl (C=O) groups is 1. The van der Waals surface area contributed by atoms with E-state index in [1.54, 1.807) is 18.9 Å². The van der Waals surface area contributed by atoms with Gasteiger partial charge in [0.25, 0.3) is 0 Å². The normalized spacial score (nSPS) is 15.1. The molecule has 1 N–H and O–H groups in total. The number of rotatable bonds is 7. The highest BCUT2D eigenvalue weighted by Crippen LogP contribution is 2.24. The van der Waals surface area contributed by atoms with E-state index in [-0.39, 0.29) is 5.91 Å². The molecule has 0 saturated heterocycles. The van der Waals surface area contributed by atoms with Gasteiger partial charge in [0.1, 0.15) is 17.2 Å². The predicted octanol–water partition coefficient (Wildman–Crippen LogP) is 4.03. The molecule has 1 aliphatic carbocycles. The Labute approximate surface area is 152 Å². The second-order valence-corrected chi connectivity index (χ2v) is 7.29. The number of hydrogen-bond donors (Lipinski definition) is 1. The number of methoxy groups -OCH3 is 1. The summed E-state index contributed by atoms with van der Waals surface area (Å²) in [6, 6.07) is 9.99. The molecule has 25 heavy (non-hydrogen) atoms. The molecule has 1 saturated carbocycles. The molecule has 5 nitrogen and oxygen atoms in total. The average Bonchev–Trinajstić information content (AvgIpc) is 3.11. The van der Waals surface area contributed by atoms with Gasteiger partial charge in [0.05, 0.1) is 18.6 Å². The molecule has 1 aromatic heterocycles. The van der Waals surface area contributed by atoms with Crippen LogP contribution in [-0.4, -0.2) is 30.0 Å². The molecule has 0 unspecified atom stereocenters. The zero-order chi connectivity index (χ0) is 17.5. The molecule has 1 amide bonds. The van der Waals surface area contributed by atoms with Gasteiger partial charge >= 0.3 is 0 Å². The van der Waals surface area contributed by atoms with Gasteiger partial charge in [-0.2, -0.15) is 0 Å². The summed E-state index contributed by atoms with van der Waals surface area (Å²) in [6.07, 6.45) is 5.98. The third-order valence-electron chi connectivity index (χ3n) is 4.39. The Morgan fingerprint density at radius 1 is 1.28 bits per heavy atom. The molecule has 3 rings (SSSR count). The summed E-state index contributed by atoms with van der Waals surface area (Å²) >= 11 is 1.55. The molecular weight excluding hydrogens is 336 g/mol. The van der Waals surface area contributed by atoms with Gasteiger partial charge in [-0.1, -0.05) is 24.4 Å². The van der Waals surface area contributed by atoms with Gasteiger partial charge in [0.2, 0.25) is 5.91 Å². The van der Waals surface area contributed by atoms with Gasteiger partial charge in [-0.05, 0) is 37.1 Å². The summed E-state index contributed by atoms with van der Waals surface area (Å²) in [7, 11) is 1.64. The van der Waals surface area contributed by atoms with Crippen molar-refractivity contribution in [2.75, 3.05) is 12.9 Å². The fourth-order valence-corrected chi connectivity index (χ4v) is 3.75. The van der Waals surface area contributed by atoms with Crippen LogP contribution < -0.4 is 10.1 Å². The average molecular weight is 360 g/mol. The van der Waals surface area contributed by atoms with Crippen LogP contribution in [0.15, 0.2) is 34.9 Å².